The lowest BCUT2D eigenvalue weighted by atomic mass is 10.2. The molecule has 0 bridgehead atoms. The number of hydrogen-bond donors (Lipinski definition) is 2. The molecular weight excluding hydrogens is 364 g/mol. The zero-order valence-corrected chi connectivity index (χ0v) is 17.7. The third-order valence-corrected chi connectivity index (χ3v) is 5.13. The molecule has 8 nitrogen and oxygen atoms in total. The smallest absolute Gasteiger partial charge is 0.191 e. The predicted molar refractivity (Wildman–Crippen MR) is 118 cm³/mol. The number of aromatic nitrogens is 3. The molecule has 0 aliphatic carbocycles. The molecule has 0 atom stereocenters. The second-order valence-corrected chi connectivity index (χ2v) is 7.19. The van der Waals surface area contributed by atoms with Crippen molar-refractivity contribution in [2.45, 2.75) is 33.4 Å². The van der Waals surface area contributed by atoms with Crippen molar-refractivity contribution < 1.29 is 0 Å². The van der Waals surface area contributed by atoms with Crippen LogP contribution in [0, 0.1) is 0 Å². The standard InChI is InChI=1S/C21H34N8/c1-3-22-21(23-9-5-11-29-12-6-10-26-29)25-18-19-7-8-20(24-17-19)28-15-13-27(4-2)14-16-28/h6-8,10,12,17H,3-5,9,11,13-16,18H2,1-2H3,(H2,22,23,25). The summed E-state index contributed by atoms with van der Waals surface area (Å²) in [6.45, 7) is 13.0. The maximum atomic E-state index is 4.69. The van der Waals surface area contributed by atoms with Crippen molar-refractivity contribution in [1.29, 1.82) is 0 Å². The topological polar surface area (TPSA) is 73.6 Å². The summed E-state index contributed by atoms with van der Waals surface area (Å²) in [6, 6.07) is 6.21. The first-order valence-corrected chi connectivity index (χ1v) is 10.7. The minimum Gasteiger partial charge on any atom is -0.357 e. The van der Waals surface area contributed by atoms with E-state index in [0.717, 1.165) is 76.1 Å². The Morgan fingerprint density at radius 1 is 1.14 bits per heavy atom. The summed E-state index contributed by atoms with van der Waals surface area (Å²) in [7, 11) is 0. The van der Waals surface area contributed by atoms with Crippen LogP contribution in [0.25, 0.3) is 0 Å². The minimum absolute atomic E-state index is 0.616. The molecule has 158 valence electrons. The van der Waals surface area contributed by atoms with Crippen molar-refractivity contribution in [1.82, 2.24) is 30.3 Å². The molecule has 0 spiro atoms. The van der Waals surface area contributed by atoms with E-state index in [2.05, 4.69) is 56.5 Å². The fourth-order valence-electron chi connectivity index (χ4n) is 3.38. The van der Waals surface area contributed by atoms with Gasteiger partial charge in [-0.05, 0) is 37.6 Å². The van der Waals surface area contributed by atoms with Gasteiger partial charge in [-0.3, -0.25) is 4.68 Å². The molecule has 29 heavy (non-hydrogen) atoms. The Morgan fingerprint density at radius 3 is 2.66 bits per heavy atom. The van der Waals surface area contributed by atoms with Gasteiger partial charge in [0, 0.05) is 64.4 Å². The summed E-state index contributed by atoms with van der Waals surface area (Å²) >= 11 is 0. The fourth-order valence-corrected chi connectivity index (χ4v) is 3.38. The van der Waals surface area contributed by atoms with Gasteiger partial charge in [-0.2, -0.15) is 5.10 Å². The zero-order chi connectivity index (χ0) is 20.3. The van der Waals surface area contributed by atoms with Crippen LogP contribution < -0.4 is 15.5 Å². The lowest BCUT2D eigenvalue weighted by molar-refractivity contribution is 0.270. The van der Waals surface area contributed by atoms with E-state index in [4.69, 9.17) is 4.99 Å². The zero-order valence-electron chi connectivity index (χ0n) is 17.7. The van der Waals surface area contributed by atoms with Gasteiger partial charge in [-0.1, -0.05) is 13.0 Å². The van der Waals surface area contributed by atoms with Crippen LogP contribution in [-0.4, -0.2) is 71.4 Å². The highest BCUT2D eigenvalue weighted by Crippen LogP contribution is 2.14. The molecular formula is C21H34N8. The van der Waals surface area contributed by atoms with E-state index in [9.17, 15) is 0 Å². The van der Waals surface area contributed by atoms with Crippen molar-refractivity contribution in [3.63, 3.8) is 0 Å². The first-order valence-electron chi connectivity index (χ1n) is 10.7. The van der Waals surface area contributed by atoms with E-state index in [1.54, 1.807) is 0 Å². The molecule has 1 fully saturated rings. The summed E-state index contributed by atoms with van der Waals surface area (Å²) in [5.74, 6) is 1.91. The molecule has 1 aliphatic rings. The van der Waals surface area contributed by atoms with Crippen molar-refractivity contribution in [2.75, 3.05) is 50.7 Å². The number of aryl methyl sites for hydroxylation is 1. The fraction of sp³-hybridized carbons (Fsp3) is 0.571. The minimum atomic E-state index is 0.616. The van der Waals surface area contributed by atoms with E-state index in [1.165, 1.54) is 0 Å². The van der Waals surface area contributed by atoms with Crippen LogP contribution in [0.3, 0.4) is 0 Å². The van der Waals surface area contributed by atoms with Crippen LogP contribution in [-0.2, 0) is 13.1 Å². The molecule has 3 heterocycles. The maximum absolute atomic E-state index is 4.69. The van der Waals surface area contributed by atoms with Gasteiger partial charge >= 0.3 is 0 Å². The van der Waals surface area contributed by atoms with Gasteiger partial charge in [0.05, 0.1) is 6.54 Å². The van der Waals surface area contributed by atoms with Crippen molar-refractivity contribution in [3.05, 3.63) is 42.4 Å². The Kier molecular flexibility index (Phi) is 8.30. The van der Waals surface area contributed by atoms with E-state index >= 15 is 0 Å². The number of nitrogens with zero attached hydrogens (tertiary/aromatic N) is 6. The summed E-state index contributed by atoms with van der Waals surface area (Å²) in [5, 5.41) is 10.9. The van der Waals surface area contributed by atoms with Gasteiger partial charge < -0.3 is 20.4 Å². The highest BCUT2D eigenvalue weighted by Gasteiger charge is 2.16. The van der Waals surface area contributed by atoms with E-state index in [0.29, 0.717) is 6.54 Å². The summed E-state index contributed by atoms with van der Waals surface area (Å²) in [5.41, 5.74) is 1.12. The molecule has 1 aliphatic heterocycles. The van der Waals surface area contributed by atoms with Crippen LogP contribution in [0.4, 0.5) is 5.82 Å². The molecule has 2 aromatic rings. The van der Waals surface area contributed by atoms with Crippen molar-refractivity contribution in [3.8, 4) is 0 Å². The highest BCUT2D eigenvalue weighted by atomic mass is 15.3. The van der Waals surface area contributed by atoms with Gasteiger partial charge in [0.25, 0.3) is 0 Å². The van der Waals surface area contributed by atoms with Gasteiger partial charge in [0.15, 0.2) is 5.96 Å². The van der Waals surface area contributed by atoms with E-state index < -0.39 is 0 Å². The number of hydrogen-bond acceptors (Lipinski definition) is 5. The van der Waals surface area contributed by atoms with Crippen molar-refractivity contribution >= 4 is 11.8 Å². The molecule has 2 N–H and O–H groups in total. The number of aliphatic imine (C=N–C) groups is 1. The van der Waals surface area contributed by atoms with Crippen LogP contribution in [0.1, 0.15) is 25.8 Å². The molecule has 3 rings (SSSR count). The van der Waals surface area contributed by atoms with Crippen LogP contribution in [0.5, 0.6) is 0 Å². The van der Waals surface area contributed by atoms with Gasteiger partial charge in [-0.25, -0.2) is 9.98 Å². The average Bonchev–Trinajstić information content (AvgIpc) is 3.29. The average molecular weight is 399 g/mol. The Morgan fingerprint density at radius 2 is 2.00 bits per heavy atom. The molecule has 8 heteroatoms. The molecule has 0 saturated carbocycles. The second-order valence-electron chi connectivity index (χ2n) is 7.19. The summed E-state index contributed by atoms with van der Waals surface area (Å²) < 4.78 is 1.95. The number of anilines is 1. The third-order valence-electron chi connectivity index (χ3n) is 5.13. The Labute approximate surface area is 174 Å². The molecule has 0 aromatic carbocycles. The molecule has 0 unspecified atom stereocenters. The molecule has 1 saturated heterocycles. The summed E-state index contributed by atoms with van der Waals surface area (Å²) in [4.78, 5) is 14.2. The van der Waals surface area contributed by atoms with Crippen molar-refractivity contribution in [2.24, 2.45) is 4.99 Å². The number of piperazine rings is 1. The van der Waals surface area contributed by atoms with Gasteiger partial charge in [0.2, 0.25) is 0 Å². The number of rotatable bonds is 9. The SMILES string of the molecule is CCNC(=NCc1ccc(N2CCN(CC)CC2)nc1)NCCCn1cccn1. The maximum Gasteiger partial charge on any atom is 0.191 e. The second kappa shape index (κ2) is 11.4. The monoisotopic (exact) mass is 398 g/mol. The molecule has 2 aromatic heterocycles. The number of likely N-dealkylation sites (N-methyl/N-ethyl adjacent to an activating group) is 1. The van der Waals surface area contributed by atoms with E-state index in [1.807, 2.05) is 29.3 Å². The number of guanidine groups is 1. The first kappa shape index (κ1) is 21.1. The third kappa shape index (κ3) is 6.74. The number of nitrogens with one attached hydrogen (secondary N) is 2. The Bertz CT molecular complexity index is 718. The molecule has 0 amide bonds. The van der Waals surface area contributed by atoms with Crippen LogP contribution >= 0.6 is 0 Å². The quantitative estimate of drug-likeness (QED) is 0.379. The largest absolute Gasteiger partial charge is 0.357 e. The Hall–Kier alpha value is -2.61. The lowest BCUT2D eigenvalue weighted by Gasteiger charge is -2.34. The highest BCUT2D eigenvalue weighted by molar-refractivity contribution is 5.79. The van der Waals surface area contributed by atoms with Crippen LogP contribution in [0.15, 0.2) is 41.8 Å². The van der Waals surface area contributed by atoms with E-state index in [-0.39, 0.29) is 0 Å². The molecule has 0 radical (unpaired) electrons. The summed E-state index contributed by atoms with van der Waals surface area (Å²) in [6.07, 6.45) is 6.74. The number of pyridine rings is 1. The predicted octanol–water partition coefficient (Wildman–Crippen LogP) is 1.57. The van der Waals surface area contributed by atoms with Crippen LogP contribution in [0.2, 0.25) is 0 Å². The normalized spacial score (nSPS) is 15.5. The van der Waals surface area contributed by atoms with Gasteiger partial charge in [-0.15, -0.1) is 0 Å². The lowest BCUT2D eigenvalue weighted by Crippen LogP contribution is -2.46. The first-order chi connectivity index (χ1) is 14.3. The Balaban J connectivity index is 1.45. The van der Waals surface area contributed by atoms with Gasteiger partial charge in [0.1, 0.15) is 5.82 Å².